The van der Waals surface area contributed by atoms with Crippen LogP contribution < -0.4 is 4.90 Å². The highest BCUT2D eigenvalue weighted by atomic mass is 32.2. The number of rotatable bonds is 5. The van der Waals surface area contributed by atoms with Gasteiger partial charge in [0.1, 0.15) is 5.54 Å². The van der Waals surface area contributed by atoms with Crippen molar-refractivity contribution in [1.29, 1.82) is 0 Å². The molecule has 1 saturated carbocycles. The summed E-state index contributed by atoms with van der Waals surface area (Å²) in [5.74, 6) is -0.319. The topological polar surface area (TPSA) is 90.9 Å². The molecular formula is C22H24N4O4S. The molecule has 3 fully saturated rings. The average Bonchev–Trinajstić information content (AvgIpc) is 3.61. The van der Waals surface area contributed by atoms with Crippen molar-refractivity contribution in [1.82, 2.24) is 14.2 Å². The number of nitrogens with zero attached hydrogens (tertiary/aromatic N) is 4. The zero-order chi connectivity index (χ0) is 21.6. The molecule has 1 unspecified atom stereocenters. The monoisotopic (exact) mass is 440 g/mol. The fourth-order valence-electron chi connectivity index (χ4n) is 4.64. The Bertz CT molecular complexity index is 1100. The van der Waals surface area contributed by atoms with Crippen molar-refractivity contribution < 1.29 is 18.0 Å². The number of imide groups is 1. The third-order valence-corrected chi connectivity index (χ3v) is 8.84. The van der Waals surface area contributed by atoms with Gasteiger partial charge in [-0.1, -0.05) is 30.3 Å². The van der Waals surface area contributed by atoms with Gasteiger partial charge in [0.2, 0.25) is 10.0 Å². The first-order valence-corrected chi connectivity index (χ1v) is 12.0. The van der Waals surface area contributed by atoms with E-state index >= 15 is 0 Å². The van der Waals surface area contributed by atoms with E-state index in [4.69, 9.17) is 0 Å². The standard InChI is InChI=1S/C22H24N4O4S/c27-20-22(15-17-5-2-1-3-6-17)10-12-24(31(29,30)19-8-9-19)13-14-25(22)21(28)26(20)18-7-4-11-23-16-18/h1-7,11,16,19H,8-10,12-15H2. The molecule has 0 bridgehead atoms. The molecule has 3 aliphatic rings. The normalized spacial score (nSPS) is 24.9. The summed E-state index contributed by atoms with van der Waals surface area (Å²) in [5, 5.41) is -0.316. The van der Waals surface area contributed by atoms with Crippen LogP contribution in [0, 0.1) is 0 Å². The van der Waals surface area contributed by atoms with Crippen molar-refractivity contribution in [3.8, 4) is 0 Å². The minimum Gasteiger partial charge on any atom is -0.307 e. The Morgan fingerprint density at radius 3 is 2.45 bits per heavy atom. The van der Waals surface area contributed by atoms with Gasteiger partial charge in [-0.05, 0) is 37.0 Å². The molecule has 0 spiro atoms. The number of aromatic nitrogens is 1. The van der Waals surface area contributed by atoms with Crippen molar-refractivity contribution in [2.75, 3.05) is 24.5 Å². The third kappa shape index (κ3) is 3.32. The zero-order valence-electron chi connectivity index (χ0n) is 17.1. The molecule has 31 heavy (non-hydrogen) atoms. The molecule has 0 radical (unpaired) electrons. The molecule has 2 aliphatic heterocycles. The maximum Gasteiger partial charge on any atom is 0.332 e. The summed E-state index contributed by atoms with van der Waals surface area (Å²) in [6, 6.07) is 12.5. The van der Waals surface area contributed by atoms with Crippen LogP contribution in [0.3, 0.4) is 0 Å². The second-order valence-corrected chi connectivity index (χ2v) is 10.6. The Morgan fingerprint density at radius 2 is 1.77 bits per heavy atom. The highest BCUT2D eigenvalue weighted by molar-refractivity contribution is 7.90. The van der Waals surface area contributed by atoms with E-state index in [0.717, 1.165) is 5.56 Å². The Morgan fingerprint density at radius 1 is 1.00 bits per heavy atom. The fraction of sp³-hybridized carbons (Fsp3) is 0.409. The average molecular weight is 441 g/mol. The molecule has 1 atom stereocenters. The maximum atomic E-state index is 13.8. The number of fused-ring (bicyclic) bond motifs is 1. The summed E-state index contributed by atoms with van der Waals surface area (Å²) >= 11 is 0. The number of amides is 3. The van der Waals surface area contributed by atoms with Crippen LogP contribution in [0.2, 0.25) is 0 Å². The van der Waals surface area contributed by atoms with Gasteiger partial charge in [-0.2, -0.15) is 4.31 Å². The number of hydrogen-bond donors (Lipinski definition) is 0. The summed E-state index contributed by atoms with van der Waals surface area (Å²) < 4.78 is 27.2. The molecule has 1 aromatic carbocycles. The molecule has 1 aliphatic carbocycles. The summed E-state index contributed by atoms with van der Waals surface area (Å²) in [6.07, 6.45) is 5.06. The van der Waals surface area contributed by atoms with Gasteiger partial charge >= 0.3 is 6.03 Å². The van der Waals surface area contributed by atoms with Crippen molar-refractivity contribution in [3.05, 3.63) is 60.4 Å². The van der Waals surface area contributed by atoms with Crippen molar-refractivity contribution in [2.24, 2.45) is 0 Å². The number of hydrogen-bond acceptors (Lipinski definition) is 5. The molecule has 1 aromatic heterocycles. The first kappa shape index (κ1) is 20.1. The second kappa shape index (κ2) is 7.42. The van der Waals surface area contributed by atoms with Gasteiger partial charge in [-0.25, -0.2) is 18.1 Å². The van der Waals surface area contributed by atoms with E-state index in [1.165, 1.54) is 15.4 Å². The molecule has 0 N–H and O–H groups in total. The van der Waals surface area contributed by atoms with Crippen LogP contribution in [0.1, 0.15) is 24.8 Å². The molecule has 3 heterocycles. The summed E-state index contributed by atoms with van der Waals surface area (Å²) in [4.78, 5) is 34.1. The molecule has 5 rings (SSSR count). The smallest absolute Gasteiger partial charge is 0.307 e. The van der Waals surface area contributed by atoms with Crippen LogP contribution in [-0.4, -0.2) is 65.0 Å². The SMILES string of the molecule is O=C1N(c2cccnc2)C(=O)C2(Cc3ccccc3)CCN(S(=O)(=O)C3CC3)CCN12. The summed E-state index contributed by atoms with van der Waals surface area (Å²) in [7, 11) is -3.38. The van der Waals surface area contributed by atoms with E-state index in [1.54, 1.807) is 23.2 Å². The third-order valence-electron chi connectivity index (χ3n) is 6.44. The van der Waals surface area contributed by atoms with Gasteiger partial charge in [0.15, 0.2) is 0 Å². The number of carbonyl (C=O) groups excluding carboxylic acids is 2. The molecular weight excluding hydrogens is 416 g/mol. The zero-order valence-corrected chi connectivity index (χ0v) is 17.9. The molecule has 2 aromatic rings. The quantitative estimate of drug-likeness (QED) is 0.664. The maximum absolute atomic E-state index is 13.8. The van der Waals surface area contributed by atoms with E-state index in [0.29, 0.717) is 24.9 Å². The van der Waals surface area contributed by atoms with E-state index < -0.39 is 21.6 Å². The van der Waals surface area contributed by atoms with Gasteiger partial charge in [0.25, 0.3) is 5.91 Å². The summed E-state index contributed by atoms with van der Waals surface area (Å²) in [5.41, 5.74) is 0.239. The Labute approximate surface area is 181 Å². The molecule has 2 saturated heterocycles. The van der Waals surface area contributed by atoms with E-state index in [2.05, 4.69) is 4.98 Å². The van der Waals surface area contributed by atoms with Gasteiger partial charge in [-0.3, -0.25) is 9.78 Å². The van der Waals surface area contributed by atoms with Gasteiger partial charge in [0.05, 0.1) is 17.1 Å². The molecule has 3 amide bonds. The summed E-state index contributed by atoms with van der Waals surface area (Å²) in [6.45, 7) is 0.609. The second-order valence-electron chi connectivity index (χ2n) is 8.37. The van der Waals surface area contributed by atoms with Crippen LogP contribution in [-0.2, 0) is 21.2 Å². The lowest BCUT2D eigenvalue weighted by atomic mass is 9.86. The Hall–Kier alpha value is -2.78. The first-order chi connectivity index (χ1) is 14.9. The van der Waals surface area contributed by atoms with E-state index in [-0.39, 0.29) is 37.2 Å². The van der Waals surface area contributed by atoms with Crippen LogP contribution in [0.4, 0.5) is 10.5 Å². The minimum absolute atomic E-state index is 0.181. The van der Waals surface area contributed by atoms with Crippen LogP contribution in [0.25, 0.3) is 0 Å². The lowest BCUT2D eigenvalue weighted by Gasteiger charge is -2.33. The highest BCUT2D eigenvalue weighted by Crippen LogP contribution is 2.40. The largest absolute Gasteiger partial charge is 0.332 e. The van der Waals surface area contributed by atoms with E-state index in [1.807, 2.05) is 30.3 Å². The number of carbonyl (C=O) groups is 2. The Balaban J connectivity index is 1.54. The van der Waals surface area contributed by atoms with Crippen molar-refractivity contribution >= 4 is 27.6 Å². The van der Waals surface area contributed by atoms with Crippen molar-refractivity contribution in [2.45, 2.75) is 36.5 Å². The lowest BCUT2D eigenvalue weighted by Crippen LogP contribution is -2.51. The van der Waals surface area contributed by atoms with Gasteiger partial charge < -0.3 is 4.90 Å². The Kier molecular flexibility index (Phi) is 4.82. The molecule has 8 nitrogen and oxygen atoms in total. The number of benzene rings is 1. The number of anilines is 1. The van der Waals surface area contributed by atoms with Crippen LogP contribution >= 0.6 is 0 Å². The molecule has 162 valence electrons. The van der Waals surface area contributed by atoms with Crippen LogP contribution in [0.5, 0.6) is 0 Å². The number of pyridine rings is 1. The minimum atomic E-state index is -3.38. The fourth-order valence-corrected chi connectivity index (χ4v) is 6.47. The number of urea groups is 1. The predicted octanol–water partition coefficient (Wildman–Crippen LogP) is 2.03. The van der Waals surface area contributed by atoms with E-state index in [9.17, 15) is 18.0 Å². The first-order valence-electron chi connectivity index (χ1n) is 10.5. The highest BCUT2D eigenvalue weighted by Gasteiger charge is 2.59. The number of sulfonamides is 1. The predicted molar refractivity (Wildman–Crippen MR) is 115 cm³/mol. The van der Waals surface area contributed by atoms with Crippen molar-refractivity contribution in [3.63, 3.8) is 0 Å². The van der Waals surface area contributed by atoms with Gasteiger partial charge in [0, 0.05) is 32.3 Å². The van der Waals surface area contributed by atoms with Gasteiger partial charge in [-0.15, -0.1) is 0 Å². The lowest BCUT2D eigenvalue weighted by molar-refractivity contribution is -0.125. The molecule has 9 heteroatoms. The van der Waals surface area contributed by atoms with Crippen LogP contribution in [0.15, 0.2) is 54.9 Å².